The minimum Gasteiger partial charge on any atom is -0.494 e. The first kappa shape index (κ1) is 16.4. The van der Waals surface area contributed by atoms with E-state index in [1.807, 2.05) is 43.3 Å². The maximum Gasteiger partial charge on any atom is 0.203 e. The second-order valence-corrected chi connectivity index (χ2v) is 5.51. The fraction of sp³-hybridized carbons (Fsp3) is 0.294. The Kier molecular flexibility index (Phi) is 5.83. The van der Waals surface area contributed by atoms with Crippen LogP contribution in [0.3, 0.4) is 0 Å². The molecule has 2 aromatic rings. The lowest BCUT2D eigenvalue weighted by Crippen LogP contribution is -1.95. The molecule has 0 N–H and O–H groups in total. The van der Waals surface area contributed by atoms with Gasteiger partial charge in [-0.1, -0.05) is 11.8 Å². The summed E-state index contributed by atoms with van der Waals surface area (Å²) in [5.74, 6) is 2.77. The lowest BCUT2D eigenvalue weighted by Gasteiger charge is -2.14. The molecular formula is C17H20O4S. The van der Waals surface area contributed by atoms with E-state index >= 15 is 0 Å². The lowest BCUT2D eigenvalue weighted by atomic mass is 10.3. The summed E-state index contributed by atoms with van der Waals surface area (Å²) < 4.78 is 21.5. The van der Waals surface area contributed by atoms with Crippen molar-refractivity contribution < 1.29 is 18.9 Å². The maximum absolute atomic E-state index is 5.45. The quantitative estimate of drug-likeness (QED) is 0.762. The average molecular weight is 320 g/mol. The van der Waals surface area contributed by atoms with E-state index in [4.69, 9.17) is 18.9 Å². The lowest BCUT2D eigenvalue weighted by molar-refractivity contribution is 0.323. The highest BCUT2D eigenvalue weighted by Crippen LogP contribution is 2.42. The van der Waals surface area contributed by atoms with Crippen LogP contribution < -0.4 is 18.9 Å². The molecule has 22 heavy (non-hydrogen) atoms. The molecule has 2 rings (SSSR count). The van der Waals surface area contributed by atoms with Crippen LogP contribution in [-0.2, 0) is 0 Å². The zero-order chi connectivity index (χ0) is 15.9. The molecule has 0 fully saturated rings. The van der Waals surface area contributed by atoms with E-state index in [9.17, 15) is 0 Å². The molecule has 0 spiro atoms. The summed E-state index contributed by atoms with van der Waals surface area (Å²) in [4.78, 5) is 2.12. The maximum atomic E-state index is 5.45. The van der Waals surface area contributed by atoms with Crippen LogP contribution >= 0.6 is 11.8 Å². The predicted molar refractivity (Wildman–Crippen MR) is 87.8 cm³/mol. The van der Waals surface area contributed by atoms with Crippen LogP contribution in [0.25, 0.3) is 0 Å². The van der Waals surface area contributed by atoms with Gasteiger partial charge < -0.3 is 18.9 Å². The largest absolute Gasteiger partial charge is 0.494 e. The van der Waals surface area contributed by atoms with Crippen molar-refractivity contribution in [3.8, 4) is 23.0 Å². The Morgan fingerprint density at radius 1 is 0.818 bits per heavy atom. The average Bonchev–Trinajstić information content (AvgIpc) is 2.56. The Hall–Kier alpha value is -2.01. The molecule has 118 valence electrons. The van der Waals surface area contributed by atoms with Gasteiger partial charge in [-0.25, -0.2) is 0 Å². The molecule has 0 unspecified atom stereocenters. The highest BCUT2D eigenvalue weighted by molar-refractivity contribution is 7.99. The molecule has 0 radical (unpaired) electrons. The molecule has 0 aliphatic rings. The molecule has 2 aromatic carbocycles. The molecule has 0 aliphatic carbocycles. The Balaban J connectivity index is 2.25. The van der Waals surface area contributed by atoms with E-state index in [0.717, 1.165) is 15.5 Å². The summed E-state index contributed by atoms with van der Waals surface area (Å²) in [6.07, 6.45) is 0. The minimum atomic E-state index is 0.598. The van der Waals surface area contributed by atoms with E-state index in [2.05, 4.69) is 0 Å². The molecule has 0 heterocycles. The first-order valence-corrected chi connectivity index (χ1v) is 7.74. The van der Waals surface area contributed by atoms with Crippen molar-refractivity contribution in [1.29, 1.82) is 0 Å². The van der Waals surface area contributed by atoms with E-state index in [1.54, 1.807) is 33.1 Å². The van der Waals surface area contributed by atoms with Crippen LogP contribution in [0.15, 0.2) is 46.2 Å². The van der Waals surface area contributed by atoms with Crippen LogP contribution in [0.5, 0.6) is 23.0 Å². The number of hydrogen-bond donors (Lipinski definition) is 0. The van der Waals surface area contributed by atoms with Gasteiger partial charge in [0.15, 0.2) is 11.5 Å². The molecule has 0 atom stereocenters. The number of hydrogen-bond acceptors (Lipinski definition) is 5. The van der Waals surface area contributed by atoms with Crippen LogP contribution in [0, 0.1) is 0 Å². The van der Waals surface area contributed by atoms with E-state index in [-0.39, 0.29) is 0 Å². The van der Waals surface area contributed by atoms with E-state index in [1.165, 1.54) is 0 Å². The third kappa shape index (κ3) is 3.80. The van der Waals surface area contributed by atoms with Crippen molar-refractivity contribution in [2.75, 3.05) is 27.9 Å². The molecule has 0 saturated carbocycles. The minimum absolute atomic E-state index is 0.598. The van der Waals surface area contributed by atoms with Gasteiger partial charge in [0.1, 0.15) is 5.75 Å². The Morgan fingerprint density at radius 2 is 1.41 bits per heavy atom. The molecule has 0 aromatic heterocycles. The van der Waals surface area contributed by atoms with E-state index in [0.29, 0.717) is 23.9 Å². The van der Waals surface area contributed by atoms with Gasteiger partial charge in [-0.05, 0) is 43.3 Å². The second kappa shape index (κ2) is 7.84. The molecule has 4 nitrogen and oxygen atoms in total. The fourth-order valence-corrected chi connectivity index (χ4v) is 2.90. The normalized spacial score (nSPS) is 10.2. The van der Waals surface area contributed by atoms with Gasteiger partial charge in [0.25, 0.3) is 0 Å². The van der Waals surface area contributed by atoms with Crippen molar-refractivity contribution in [2.24, 2.45) is 0 Å². The first-order valence-electron chi connectivity index (χ1n) is 6.92. The standard InChI is InChI=1S/C17H20O4S/c1-5-21-12-6-8-13(9-7-12)22-14-10-15(18-2)17(20-4)16(11-14)19-3/h6-11H,5H2,1-4H3. The number of ether oxygens (including phenoxy) is 4. The van der Waals surface area contributed by atoms with Crippen LogP contribution in [0.4, 0.5) is 0 Å². The summed E-state index contributed by atoms with van der Waals surface area (Å²) in [6, 6.07) is 11.8. The fourth-order valence-electron chi connectivity index (χ4n) is 2.02. The smallest absolute Gasteiger partial charge is 0.203 e. The van der Waals surface area contributed by atoms with Crippen molar-refractivity contribution in [3.05, 3.63) is 36.4 Å². The van der Waals surface area contributed by atoms with Crippen LogP contribution in [0.2, 0.25) is 0 Å². The van der Waals surface area contributed by atoms with Gasteiger partial charge in [-0.2, -0.15) is 0 Å². The van der Waals surface area contributed by atoms with Crippen molar-refractivity contribution >= 4 is 11.8 Å². The molecule has 5 heteroatoms. The summed E-state index contributed by atoms with van der Waals surface area (Å²) in [5, 5.41) is 0. The Labute approximate surface area is 135 Å². The van der Waals surface area contributed by atoms with Gasteiger partial charge in [0.2, 0.25) is 5.75 Å². The SMILES string of the molecule is CCOc1ccc(Sc2cc(OC)c(OC)c(OC)c2)cc1. The number of rotatable bonds is 7. The molecule has 0 amide bonds. The van der Waals surface area contributed by atoms with Gasteiger partial charge >= 0.3 is 0 Å². The Bertz CT molecular complexity index is 586. The highest BCUT2D eigenvalue weighted by Gasteiger charge is 2.13. The Morgan fingerprint density at radius 3 is 1.86 bits per heavy atom. The molecule has 0 saturated heterocycles. The second-order valence-electron chi connectivity index (χ2n) is 4.37. The number of methoxy groups -OCH3 is 3. The zero-order valence-corrected chi connectivity index (χ0v) is 14.0. The summed E-state index contributed by atoms with van der Waals surface area (Å²) in [6.45, 7) is 2.64. The van der Waals surface area contributed by atoms with Crippen LogP contribution in [0.1, 0.15) is 6.92 Å². The zero-order valence-electron chi connectivity index (χ0n) is 13.2. The first-order chi connectivity index (χ1) is 10.7. The van der Waals surface area contributed by atoms with Gasteiger partial charge in [0.05, 0.1) is 27.9 Å². The summed E-state index contributed by atoms with van der Waals surface area (Å²) in [7, 11) is 4.82. The monoisotopic (exact) mass is 320 g/mol. The summed E-state index contributed by atoms with van der Waals surface area (Å²) >= 11 is 1.62. The molecule has 0 bridgehead atoms. The van der Waals surface area contributed by atoms with Crippen molar-refractivity contribution in [2.45, 2.75) is 16.7 Å². The third-order valence-corrected chi connectivity index (χ3v) is 3.99. The predicted octanol–water partition coefficient (Wildman–Crippen LogP) is 4.26. The summed E-state index contributed by atoms with van der Waals surface area (Å²) in [5.41, 5.74) is 0. The van der Waals surface area contributed by atoms with Gasteiger partial charge in [-0.15, -0.1) is 0 Å². The molecular weight excluding hydrogens is 300 g/mol. The highest BCUT2D eigenvalue weighted by atomic mass is 32.2. The van der Waals surface area contributed by atoms with Gasteiger partial charge in [0, 0.05) is 9.79 Å². The van der Waals surface area contributed by atoms with E-state index < -0.39 is 0 Å². The van der Waals surface area contributed by atoms with Crippen molar-refractivity contribution in [1.82, 2.24) is 0 Å². The van der Waals surface area contributed by atoms with Crippen molar-refractivity contribution in [3.63, 3.8) is 0 Å². The van der Waals surface area contributed by atoms with Crippen LogP contribution in [-0.4, -0.2) is 27.9 Å². The topological polar surface area (TPSA) is 36.9 Å². The van der Waals surface area contributed by atoms with Gasteiger partial charge in [-0.3, -0.25) is 0 Å². The third-order valence-electron chi connectivity index (χ3n) is 3.01. The molecule has 0 aliphatic heterocycles. The number of benzene rings is 2.